The number of anilines is 1. The molecule has 1 heterocycles. The highest BCUT2D eigenvalue weighted by Crippen LogP contribution is 2.19. The molecule has 0 amide bonds. The molecule has 1 aromatic carbocycles. The van der Waals surface area contributed by atoms with Crippen LogP contribution in [0.15, 0.2) is 34.9 Å². The number of carboxylic acids is 1. The van der Waals surface area contributed by atoms with Crippen molar-refractivity contribution >= 4 is 11.7 Å². The van der Waals surface area contributed by atoms with Gasteiger partial charge in [0.15, 0.2) is 11.5 Å². The first kappa shape index (κ1) is 12.9. The topological polar surface area (TPSA) is 75.8 Å². The lowest BCUT2D eigenvalue weighted by Gasteiger charge is -2.17. The summed E-state index contributed by atoms with van der Waals surface area (Å²) in [5.74, 6) is 0.183. The minimum absolute atomic E-state index is 0.0851. The standard InChI is InChI=1S/C13H14N2O4/c1-15(9-3-5-10(18-2)6-4-9)8-11-7-12(13(16)17)14-19-11/h3-7H,8H2,1-2H3,(H,16,17). The summed E-state index contributed by atoms with van der Waals surface area (Å²) in [7, 11) is 3.49. The average molecular weight is 262 g/mol. The Kier molecular flexibility index (Phi) is 3.70. The Hall–Kier alpha value is -2.50. The molecule has 0 saturated heterocycles. The van der Waals surface area contributed by atoms with Gasteiger partial charge in [0.25, 0.3) is 0 Å². The maximum atomic E-state index is 10.7. The molecule has 0 radical (unpaired) electrons. The molecule has 1 N–H and O–H groups in total. The van der Waals surface area contributed by atoms with E-state index in [4.69, 9.17) is 14.4 Å². The number of aromatic carboxylic acids is 1. The van der Waals surface area contributed by atoms with Gasteiger partial charge in [-0.15, -0.1) is 0 Å². The summed E-state index contributed by atoms with van der Waals surface area (Å²) >= 11 is 0. The van der Waals surface area contributed by atoms with Gasteiger partial charge in [-0.05, 0) is 24.3 Å². The lowest BCUT2D eigenvalue weighted by molar-refractivity contribution is 0.0685. The summed E-state index contributed by atoms with van der Waals surface area (Å²) in [6, 6.07) is 8.95. The molecule has 0 aliphatic rings. The van der Waals surface area contributed by atoms with Crippen molar-refractivity contribution in [1.29, 1.82) is 0 Å². The zero-order valence-corrected chi connectivity index (χ0v) is 10.7. The van der Waals surface area contributed by atoms with Crippen LogP contribution in [0.1, 0.15) is 16.2 Å². The van der Waals surface area contributed by atoms with Gasteiger partial charge < -0.3 is 19.3 Å². The van der Waals surface area contributed by atoms with E-state index < -0.39 is 5.97 Å². The van der Waals surface area contributed by atoms with E-state index in [2.05, 4.69) is 5.16 Å². The second-order valence-electron chi connectivity index (χ2n) is 4.04. The molecule has 0 atom stereocenters. The number of hydrogen-bond acceptors (Lipinski definition) is 5. The largest absolute Gasteiger partial charge is 0.497 e. The fourth-order valence-corrected chi connectivity index (χ4v) is 1.65. The van der Waals surface area contributed by atoms with Gasteiger partial charge in [0.2, 0.25) is 0 Å². The van der Waals surface area contributed by atoms with Crippen molar-refractivity contribution in [2.45, 2.75) is 6.54 Å². The lowest BCUT2D eigenvalue weighted by atomic mass is 10.2. The van der Waals surface area contributed by atoms with Gasteiger partial charge in [-0.1, -0.05) is 5.16 Å². The van der Waals surface area contributed by atoms with Crippen LogP contribution in [0.3, 0.4) is 0 Å². The molecule has 0 spiro atoms. The molecule has 1 aromatic heterocycles. The summed E-state index contributed by atoms with van der Waals surface area (Å²) in [5, 5.41) is 12.2. The molecule has 100 valence electrons. The highest BCUT2D eigenvalue weighted by atomic mass is 16.5. The zero-order chi connectivity index (χ0) is 13.8. The van der Waals surface area contributed by atoms with E-state index in [0.29, 0.717) is 12.3 Å². The summed E-state index contributed by atoms with van der Waals surface area (Å²) in [5.41, 5.74) is 0.882. The van der Waals surface area contributed by atoms with Gasteiger partial charge in [0.05, 0.1) is 13.7 Å². The maximum Gasteiger partial charge on any atom is 0.358 e. The molecular weight excluding hydrogens is 248 g/mol. The van der Waals surface area contributed by atoms with Crippen molar-refractivity contribution in [3.8, 4) is 5.75 Å². The molecule has 0 aliphatic heterocycles. The van der Waals surface area contributed by atoms with E-state index >= 15 is 0 Å². The lowest BCUT2D eigenvalue weighted by Crippen LogP contribution is -2.15. The predicted molar refractivity (Wildman–Crippen MR) is 68.6 cm³/mol. The normalized spacial score (nSPS) is 10.2. The number of rotatable bonds is 5. The molecule has 2 aromatic rings. The molecular formula is C13H14N2O4. The summed E-state index contributed by atoms with van der Waals surface area (Å²) < 4.78 is 10.1. The Morgan fingerprint density at radius 1 is 1.42 bits per heavy atom. The number of benzene rings is 1. The van der Waals surface area contributed by atoms with E-state index in [-0.39, 0.29) is 5.69 Å². The quantitative estimate of drug-likeness (QED) is 0.888. The molecule has 0 unspecified atom stereocenters. The van der Waals surface area contributed by atoms with Crippen LogP contribution in [0.5, 0.6) is 5.75 Å². The van der Waals surface area contributed by atoms with Crippen LogP contribution in [0.4, 0.5) is 5.69 Å². The second-order valence-corrected chi connectivity index (χ2v) is 4.04. The molecule has 2 rings (SSSR count). The van der Waals surface area contributed by atoms with Crippen molar-refractivity contribution in [2.24, 2.45) is 0 Å². The minimum atomic E-state index is -1.10. The molecule has 19 heavy (non-hydrogen) atoms. The minimum Gasteiger partial charge on any atom is -0.497 e. The number of aromatic nitrogens is 1. The SMILES string of the molecule is COc1ccc(N(C)Cc2cc(C(=O)O)no2)cc1. The fraction of sp³-hybridized carbons (Fsp3) is 0.231. The van der Waals surface area contributed by atoms with Gasteiger partial charge in [0, 0.05) is 18.8 Å². The van der Waals surface area contributed by atoms with E-state index in [1.54, 1.807) is 7.11 Å². The molecule has 0 bridgehead atoms. The Morgan fingerprint density at radius 3 is 2.63 bits per heavy atom. The molecule has 0 fully saturated rings. The van der Waals surface area contributed by atoms with Crippen LogP contribution in [0, 0.1) is 0 Å². The molecule has 0 aliphatic carbocycles. The van der Waals surface area contributed by atoms with E-state index in [9.17, 15) is 4.79 Å². The van der Waals surface area contributed by atoms with Gasteiger partial charge in [0.1, 0.15) is 5.75 Å². The number of carbonyl (C=O) groups is 1. The smallest absolute Gasteiger partial charge is 0.358 e. The second kappa shape index (κ2) is 5.43. The van der Waals surface area contributed by atoms with Crippen molar-refractivity contribution < 1.29 is 19.2 Å². The monoisotopic (exact) mass is 262 g/mol. The van der Waals surface area contributed by atoms with Gasteiger partial charge in [-0.3, -0.25) is 0 Å². The molecule has 6 nitrogen and oxygen atoms in total. The van der Waals surface area contributed by atoms with Crippen LogP contribution in [-0.2, 0) is 6.54 Å². The molecule has 6 heteroatoms. The van der Waals surface area contributed by atoms with Crippen LogP contribution < -0.4 is 9.64 Å². The number of hydrogen-bond donors (Lipinski definition) is 1. The van der Waals surface area contributed by atoms with Crippen LogP contribution in [0.25, 0.3) is 0 Å². The summed E-state index contributed by atoms with van der Waals surface area (Å²) in [6.07, 6.45) is 0. The van der Waals surface area contributed by atoms with Crippen molar-refractivity contribution in [3.63, 3.8) is 0 Å². The van der Waals surface area contributed by atoms with Crippen molar-refractivity contribution in [3.05, 3.63) is 41.8 Å². The van der Waals surface area contributed by atoms with Gasteiger partial charge in [-0.2, -0.15) is 0 Å². The number of carboxylic acid groups (broad SMARTS) is 1. The number of methoxy groups -OCH3 is 1. The van der Waals surface area contributed by atoms with Crippen molar-refractivity contribution in [1.82, 2.24) is 5.16 Å². The number of nitrogens with zero attached hydrogens (tertiary/aromatic N) is 2. The van der Waals surface area contributed by atoms with E-state index in [1.165, 1.54) is 6.07 Å². The highest BCUT2D eigenvalue weighted by Gasteiger charge is 2.12. The van der Waals surface area contributed by atoms with Crippen LogP contribution in [-0.4, -0.2) is 30.4 Å². The third kappa shape index (κ3) is 3.04. The van der Waals surface area contributed by atoms with Gasteiger partial charge >= 0.3 is 5.97 Å². The Bertz CT molecular complexity index is 562. The van der Waals surface area contributed by atoms with Crippen LogP contribution >= 0.6 is 0 Å². The fourth-order valence-electron chi connectivity index (χ4n) is 1.65. The van der Waals surface area contributed by atoms with Crippen molar-refractivity contribution in [2.75, 3.05) is 19.1 Å². The third-order valence-electron chi connectivity index (χ3n) is 2.68. The Balaban J connectivity index is 2.06. The third-order valence-corrected chi connectivity index (χ3v) is 2.68. The average Bonchev–Trinajstić information content (AvgIpc) is 2.87. The first-order valence-corrected chi connectivity index (χ1v) is 5.64. The maximum absolute atomic E-state index is 10.7. The Morgan fingerprint density at radius 2 is 2.11 bits per heavy atom. The Labute approximate surface area is 110 Å². The zero-order valence-electron chi connectivity index (χ0n) is 10.7. The summed E-state index contributed by atoms with van der Waals surface area (Å²) in [4.78, 5) is 12.6. The predicted octanol–water partition coefficient (Wildman–Crippen LogP) is 2.02. The first-order chi connectivity index (χ1) is 9.10. The highest BCUT2D eigenvalue weighted by molar-refractivity contribution is 5.85. The van der Waals surface area contributed by atoms with Gasteiger partial charge in [-0.25, -0.2) is 4.79 Å². The van der Waals surface area contributed by atoms with E-state index in [1.807, 2.05) is 36.2 Å². The van der Waals surface area contributed by atoms with E-state index in [0.717, 1.165) is 11.4 Å². The summed E-state index contributed by atoms with van der Waals surface area (Å²) in [6.45, 7) is 0.437. The molecule has 0 saturated carbocycles. The number of ether oxygens (including phenoxy) is 1. The first-order valence-electron chi connectivity index (χ1n) is 5.64. The van der Waals surface area contributed by atoms with Crippen LogP contribution in [0.2, 0.25) is 0 Å².